The Bertz CT molecular complexity index is 1140. The second-order valence-electron chi connectivity index (χ2n) is 8.10. The Hall–Kier alpha value is -2.87. The SMILES string of the molecule is Cc1nc2nc(NCc3ccc(Cl)cc3)[nH]n2c(=O)c1CCC(=O)N1CCCC[C@H]1C. The van der Waals surface area contributed by atoms with Crippen molar-refractivity contribution in [2.75, 3.05) is 11.9 Å². The highest BCUT2D eigenvalue weighted by Gasteiger charge is 2.23. The maximum absolute atomic E-state index is 13.0. The summed E-state index contributed by atoms with van der Waals surface area (Å²) in [5.74, 6) is 0.862. The van der Waals surface area contributed by atoms with Crippen molar-refractivity contribution < 1.29 is 4.79 Å². The van der Waals surface area contributed by atoms with E-state index in [9.17, 15) is 9.59 Å². The van der Waals surface area contributed by atoms with Gasteiger partial charge in [0.1, 0.15) is 0 Å². The molecule has 0 unspecified atom stereocenters. The van der Waals surface area contributed by atoms with Gasteiger partial charge in [-0.1, -0.05) is 23.7 Å². The van der Waals surface area contributed by atoms with E-state index in [0.717, 1.165) is 24.9 Å². The number of aromatic nitrogens is 4. The van der Waals surface area contributed by atoms with Crippen LogP contribution < -0.4 is 10.9 Å². The fourth-order valence-corrected chi connectivity index (χ4v) is 4.18. The smallest absolute Gasteiger partial charge is 0.277 e. The third kappa shape index (κ3) is 4.74. The molecule has 3 heterocycles. The Morgan fingerprint density at radius 1 is 1.26 bits per heavy atom. The topological polar surface area (TPSA) is 95.4 Å². The van der Waals surface area contributed by atoms with Crippen LogP contribution in [-0.4, -0.2) is 43.0 Å². The number of likely N-dealkylation sites (tertiary alicyclic amines) is 1. The molecular formula is C22H27ClN6O2. The minimum absolute atomic E-state index is 0.103. The number of hydrogen-bond donors (Lipinski definition) is 2. The van der Waals surface area contributed by atoms with Gasteiger partial charge < -0.3 is 10.2 Å². The summed E-state index contributed by atoms with van der Waals surface area (Å²) in [7, 11) is 0. The molecule has 8 nitrogen and oxygen atoms in total. The number of aromatic amines is 1. The van der Waals surface area contributed by atoms with Crippen molar-refractivity contribution in [2.24, 2.45) is 0 Å². The van der Waals surface area contributed by atoms with Crippen molar-refractivity contribution in [3.05, 3.63) is 56.5 Å². The molecule has 164 valence electrons. The number of amides is 1. The first kappa shape index (κ1) is 21.4. The lowest BCUT2D eigenvalue weighted by molar-refractivity contribution is -0.134. The number of fused-ring (bicyclic) bond motifs is 1. The minimum Gasteiger partial charge on any atom is -0.351 e. The second-order valence-corrected chi connectivity index (χ2v) is 8.54. The zero-order valence-electron chi connectivity index (χ0n) is 17.8. The van der Waals surface area contributed by atoms with Crippen molar-refractivity contribution in [3.8, 4) is 0 Å². The van der Waals surface area contributed by atoms with Crippen molar-refractivity contribution in [2.45, 2.75) is 58.5 Å². The molecule has 1 fully saturated rings. The second kappa shape index (κ2) is 9.09. The molecule has 2 N–H and O–H groups in total. The lowest BCUT2D eigenvalue weighted by Crippen LogP contribution is -2.42. The molecule has 1 aliphatic heterocycles. The molecule has 1 saturated heterocycles. The molecule has 1 aliphatic rings. The van der Waals surface area contributed by atoms with Crippen LogP contribution in [0.1, 0.15) is 49.4 Å². The maximum atomic E-state index is 13.0. The largest absolute Gasteiger partial charge is 0.351 e. The molecule has 0 aliphatic carbocycles. The third-order valence-electron chi connectivity index (χ3n) is 5.88. The van der Waals surface area contributed by atoms with Gasteiger partial charge >= 0.3 is 0 Å². The van der Waals surface area contributed by atoms with Crippen LogP contribution >= 0.6 is 11.6 Å². The normalized spacial score (nSPS) is 16.6. The first-order valence-electron chi connectivity index (χ1n) is 10.7. The van der Waals surface area contributed by atoms with E-state index in [1.807, 2.05) is 29.2 Å². The van der Waals surface area contributed by atoms with Crippen LogP contribution in [0.25, 0.3) is 5.78 Å². The number of carbonyl (C=O) groups is 1. The monoisotopic (exact) mass is 442 g/mol. The van der Waals surface area contributed by atoms with Gasteiger partial charge in [0.25, 0.3) is 11.3 Å². The number of aryl methyl sites for hydroxylation is 1. The van der Waals surface area contributed by atoms with Gasteiger partial charge in [-0.3, -0.25) is 14.7 Å². The number of halogens is 1. The number of carbonyl (C=O) groups excluding carboxylic acids is 1. The molecule has 0 radical (unpaired) electrons. The Morgan fingerprint density at radius 2 is 2.03 bits per heavy atom. The average molecular weight is 443 g/mol. The van der Waals surface area contributed by atoms with Crippen LogP contribution in [0.5, 0.6) is 0 Å². The number of piperidine rings is 1. The van der Waals surface area contributed by atoms with Crippen LogP contribution in [0.4, 0.5) is 5.95 Å². The quantitative estimate of drug-likeness (QED) is 0.610. The van der Waals surface area contributed by atoms with E-state index in [-0.39, 0.29) is 17.5 Å². The first-order chi connectivity index (χ1) is 14.9. The van der Waals surface area contributed by atoms with Gasteiger partial charge in [-0.05, 0) is 57.2 Å². The lowest BCUT2D eigenvalue weighted by Gasteiger charge is -2.33. The first-order valence-corrected chi connectivity index (χ1v) is 11.1. The molecule has 0 bridgehead atoms. The van der Waals surface area contributed by atoms with Crippen molar-refractivity contribution in [3.63, 3.8) is 0 Å². The number of H-pyrrole nitrogens is 1. The predicted octanol–water partition coefficient (Wildman–Crippen LogP) is 3.33. The molecule has 1 amide bonds. The van der Waals surface area contributed by atoms with Gasteiger partial charge in [0.15, 0.2) is 0 Å². The molecule has 0 spiro atoms. The van der Waals surface area contributed by atoms with Crippen molar-refractivity contribution in [1.82, 2.24) is 24.5 Å². The summed E-state index contributed by atoms with van der Waals surface area (Å²) >= 11 is 5.92. The summed E-state index contributed by atoms with van der Waals surface area (Å²) in [6.07, 6.45) is 3.94. The van der Waals surface area contributed by atoms with Gasteiger partial charge in [-0.15, -0.1) is 0 Å². The molecular weight excluding hydrogens is 416 g/mol. The zero-order chi connectivity index (χ0) is 22.0. The summed E-state index contributed by atoms with van der Waals surface area (Å²) in [5.41, 5.74) is 1.98. The fraction of sp³-hybridized carbons (Fsp3) is 0.455. The molecule has 1 atom stereocenters. The van der Waals surface area contributed by atoms with Gasteiger partial charge in [0, 0.05) is 36.1 Å². The van der Waals surface area contributed by atoms with Gasteiger partial charge in [-0.25, -0.2) is 4.98 Å². The van der Waals surface area contributed by atoms with E-state index >= 15 is 0 Å². The molecule has 4 rings (SSSR count). The number of anilines is 1. The maximum Gasteiger partial charge on any atom is 0.277 e. The molecule has 9 heteroatoms. The highest BCUT2D eigenvalue weighted by Crippen LogP contribution is 2.18. The van der Waals surface area contributed by atoms with Crippen LogP contribution in [0.3, 0.4) is 0 Å². The highest BCUT2D eigenvalue weighted by atomic mass is 35.5. The Morgan fingerprint density at radius 3 is 2.77 bits per heavy atom. The summed E-state index contributed by atoms with van der Waals surface area (Å²) in [6.45, 7) is 5.22. The molecule has 1 aromatic carbocycles. The number of hydrogen-bond acceptors (Lipinski definition) is 5. The van der Waals surface area contributed by atoms with E-state index < -0.39 is 0 Å². The van der Waals surface area contributed by atoms with Crippen LogP contribution in [0.15, 0.2) is 29.1 Å². The Kier molecular flexibility index (Phi) is 6.27. The molecule has 31 heavy (non-hydrogen) atoms. The Labute approximate surface area is 185 Å². The van der Waals surface area contributed by atoms with Crippen LogP contribution in [0, 0.1) is 6.92 Å². The van der Waals surface area contributed by atoms with Gasteiger partial charge in [0.05, 0.1) is 5.69 Å². The predicted molar refractivity (Wildman–Crippen MR) is 120 cm³/mol. The van der Waals surface area contributed by atoms with E-state index in [1.54, 1.807) is 6.92 Å². The minimum atomic E-state index is -0.214. The van der Waals surface area contributed by atoms with E-state index in [4.69, 9.17) is 11.6 Å². The molecule has 3 aromatic rings. The highest BCUT2D eigenvalue weighted by molar-refractivity contribution is 6.30. The van der Waals surface area contributed by atoms with Crippen molar-refractivity contribution in [1.29, 1.82) is 0 Å². The summed E-state index contributed by atoms with van der Waals surface area (Å²) in [6, 6.07) is 7.76. The summed E-state index contributed by atoms with van der Waals surface area (Å²) in [5, 5.41) is 6.81. The number of nitrogens with zero attached hydrogens (tertiary/aromatic N) is 4. The van der Waals surface area contributed by atoms with Gasteiger partial charge in [-0.2, -0.15) is 9.50 Å². The average Bonchev–Trinajstić information content (AvgIpc) is 3.16. The molecule has 0 saturated carbocycles. The lowest BCUT2D eigenvalue weighted by atomic mass is 10.0. The number of benzene rings is 1. The van der Waals surface area contributed by atoms with Crippen LogP contribution in [0.2, 0.25) is 5.02 Å². The van der Waals surface area contributed by atoms with E-state index in [2.05, 4.69) is 27.3 Å². The van der Waals surface area contributed by atoms with Crippen molar-refractivity contribution >= 4 is 29.2 Å². The molecule has 2 aromatic heterocycles. The number of rotatable bonds is 6. The van der Waals surface area contributed by atoms with Gasteiger partial charge in [0.2, 0.25) is 11.9 Å². The summed E-state index contributed by atoms with van der Waals surface area (Å²) < 4.78 is 1.33. The standard InChI is InChI=1S/C22H27ClN6O2/c1-14-5-3-4-12-28(14)19(30)11-10-18-15(2)25-22-26-21(27-29(22)20(18)31)24-13-16-6-8-17(23)9-7-16/h6-9,14H,3-5,10-13H2,1-2H3,(H2,24,25,26,27)/t14-/m1/s1. The van der Waals surface area contributed by atoms with E-state index in [1.165, 1.54) is 10.9 Å². The van der Waals surface area contributed by atoms with Crippen LogP contribution in [-0.2, 0) is 17.8 Å². The summed E-state index contributed by atoms with van der Waals surface area (Å²) in [4.78, 5) is 36.5. The zero-order valence-corrected chi connectivity index (χ0v) is 18.6. The van der Waals surface area contributed by atoms with E-state index in [0.29, 0.717) is 47.4 Å². The number of nitrogens with one attached hydrogen (secondary N) is 2. The Balaban J connectivity index is 1.47. The third-order valence-corrected chi connectivity index (χ3v) is 6.13. The fourth-order valence-electron chi connectivity index (χ4n) is 4.05.